The van der Waals surface area contributed by atoms with Gasteiger partial charge in [0.05, 0.1) is 5.56 Å². The van der Waals surface area contributed by atoms with E-state index in [0.717, 1.165) is 0 Å². The Morgan fingerprint density at radius 3 is 3.00 bits per heavy atom. The van der Waals surface area contributed by atoms with E-state index in [9.17, 15) is 9.50 Å². The fraction of sp³-hybridized carbons (Fsp3) is 0.400. The third kappa shape index (κ3) is 1.24. The van der Waals surface area contributed by atoms with Crippen LogP contribution in [0.2, 0.25) is 0 Å². The maximum Gasteiger partial charge on any atom is 0.140 e. The Hall–Kier alpha value is -1.25. The zero-order valence-electron chi connectivity index (χ0n) is 7.47. The van der Waals surface area contributed by atoms with E-state index in [1.165, 1.54) is 13.0 Å². The van der Waals surface area contributed by atoms with E-state index in [4.69, 9.17) is 0 Å². The highest BCUT2D eigenvalue weighted by atomic mass is 19.1. The molecule has 70 valence electrons. The summed E-state index contributed by atoms with van der Waals surface area (Å²) in [7, 11) is 0. The second-order valence-electron chi connectivity index (χ2n) is 3.57. The molecular weight excluding hydrogens is 169 g/mol. The van der Waals surface area contributed by atoms with Crippen LogP contribution in [0.25, 0.3) is 0 Å². The van der Waals surface area contributed by atoms with E-state index in [1.54, 1.807) is 12.1 Å². The molecule has 0 spiro atoms. The van der Waals surface area contributed by atoms with Crippen LogP contribution >= 0.6 is 0 Å². The summed E-state index contributed by atoms with van der Waals surface area (Å²) in [5, 5.41) is 12.6. The molecule has 0 fully saturated rings. The number of alkyl halides is 1. The molecule has 1 aromatic carbocycles. The first-order chi connectivity index (χ1) is 6.11. The number of halogens is 1. The fourth-order valence-corrected chi connectivity index (χ4v) is 1.79. The molecule has 0 aromatic heterocycles. The van der Waals surface area contributed by atoms with Gasteiger partial charge in [0.15, 0.2) is 0 Å². The number of hydrogen-bond acceptors (Lipinski definition) is 2. The van der Waals surface area contributed by atoms with Crippen LogP contribution in [0.15, 0.2) is 18.2 Å². The molecule has 0 amide bonds. The molecule has 1 aliphatic rings. The quantitative estimate of drug-likeness (QED) is 0.644. The van der Waals surface area contributed by atoms with Crippen LogP contribution in [0, 0.1) is 0 Å². The maximum atomic E-state index is 13.9. The average molecular weight is 181 g/mol. The zero-order valence-corrected chi connectivity index (χ0v) is 7.47. The summed E-state index contributed by atoms with van der Waals surface area (Å²) in [4.78, 5) is 0. The number of fused-ring (bicyclic) bond motifs is 1. The van der Waals surface area contributed by atoms with Crippen LogP contribution in [0.1, 0.15) is 18.9 Å². The number of phenols is 1. The van der Waals surface area contributed by atoms with Crippen LogP contribution < -0.4 is 5.32 Å². The summed E-state index contributed by atoms with van der Waals surface area (Å²) in [6.45, 7) is 2.12. The third-order valence-corrected chi connectivity index (χ3v) is 2.47. The van der Waals surface area contributed by atoms with Gasteiger partial charge in [0.1, 0.15) is 11.4 Å². The van der Waals surface area contributed by atoms with Crippen molar-refractivity contribution in [1.82, 2.24) is 0 Å². The van der Waals surface area contributed by atoms with Gasteiger partial charge >= 0.3 is 0 Å². The van der Waals surface area contributed by atoms with Crippen molar-refractivity contribution in [2.45, 2.75) is 19.0 Å². The van der Waals surface area contributed by atoms with Crippen molar-refractivity contribution in [3.05, 3.63) is 23.8 Å². The van der Waals surface area contributed by atoms with Gasteiger partial charge in [-0.05, 0) is 19.1 Å². The highest BCUT2D eigenvalue weighted by Crippen LogP contribution is 2.42. The van der Waals surface area contributed by atoms with Gasteiger partial charge in [0.25, 0.3) is 0 Å². The van der Waals surface area contributed by atoms with E-state index < -0.39 is 5.67 Å². The van der Waals surface area contributed by atoms with Crippen molar-refractivity contribution in [3.8, 4) is 5.75 Å². The summed E-state index contributed by atoms with van der Waals surface area (Å²) in [6, 6.07) is 5.01. The Bertz CT molecular complexity index is 336. The lowest BCUT2D eigenvalue weighted by Gasteiger charge is -2.30. The summed E-state index contributed by atoms with van der Waals surface area (Å²) >= 11 is 0. The molecule has 0 bridgehead atoms. The van der Waals surface area contributed by atoms with Gasteiger partial charge in [-0.25, -0.2) is 4.39 Å². The van der Waals surface area contributed by atoms with Gasteiger partial charge in [-0.1, -0.05) is 6.07 Å². The summed E-state index contributed by atoms with van der Waals surface area (Å²) in [6.07, 6.45) is 0.400. The standard InChI is InChI=1S/C10H12FNO/c1-10(11)5-6-12-7-3-2-4-8(13)9(7)10/h2-4,12-13H,5-6H2,1H3. The second kappa shape index (κ2) is 2.62. The summed E-state index contributed by atoms with van der Waals surface area (Å²) in [5.41, 5.74) is -0.316. The lowest BCUT2D eigenvalue weighted by molar-refractivity contribution is 0.173. The molecule has 2 nitrogen and oxygen atoms in total. The molecule has 0 radical (unpaired) electrons. The number of phenolic OH excluding ortho intramolecular Hbond substituents is 1. The number of benzene rings is 1. The van der Waals surface area contributed by atoms with Gasteiger partial charge in [0, 0.05) is 18.7 Å². The van der Waals surface area contributed by atoms with E-state index in [-0.39, 0.29) is 5.75 Å². The third-order valence-electron chi connectivity index (χ3n) is 2.47. The van der Waals surface area contributed by atoms with E-state index >= 15 is 0 Å². The normalized spacial score (nSPS) is 26.3. The maximum absolute atomic E-state index is 13.9. The highest BCUT2D eigenvalue weighted by Gasteiger charge is 2.34. The fourth-order valence-electron chi connectivity index (χ4n) is 1.79. The van der Waals surface area contributed by atoms with Crippen LogP contribution in [0.5, 0.6) is 5.75 Å². The van der Waals surface area contributed by atoms with Gasteiger partial charge in [-0.15, -0.1) is 0 Å². The van der Waals surface area contributed by atoms with Crippen molar-refractivity contribution in [2.75, 3.05) is 11.9 Å². The Balaban J connectivity index is 2.61. The zero-order chi connectivity index (χ0) is 9.47. The minimum atomic E-state index is -1.41. The molecule has 2 rings (SSSR count). The Morgan fingerprint density at radius 1 is 1.54 bits per heavy atom. The van der Waals surface area contributed by atoms with Crippen molar-refractivity contribution in [1.29, 1.82) is 0 Å². The first-order valence-corrected chi connectivity index (χ1v) is 4.36. The van der Waals surface area contributed by atoms with E-state index in [0.29, 0.717) is 24.2 Å². The first-order valence-electron chi connectivity index (χ1n) is 4.36. The van der Waals surface area contributed by atoms with Crippen LogP contribution in [-0.4, -0.2) is 11.7 Å². The topological polar surface area (TPSA) is 32.3 Å². The van der Waals surface area contributed by atoms with Gasteiger partial charge < -0.3 is 10.4 Å². The minimum Gasteiger partial charge on any atom is -0.507 e. The lowest BCUT2D eigenvalue weighted by atomic mass is 9.89. The number of hydrogen-bond donors (Lipinski definition) is 2. The number of rotatable bonds is 0. The van der Waals surface area contributed by atoms with Crippen LogP contribution in [-0.2, 0) is 5.67 Å². The molecule has 0 aliphatic carbocycles. The van der Waals surface area contributed by atoms with Crippen molar-refractivity contribution < 1.29 is 9.50 Å². The predicted molar refractivity (Wildman–Crippen MR) is 49.7 cm³/mol. The molecule has 1 aromatic rings. The lowest BCUT2D eigenvalue weighted by Crippen LogP contribution is -2.26. The van der Waals surface area contributed by atoms with Crippen molar-refractivity contribution >= 4 is 5.69 Å². The Kier molecular flexibility index (Phi) is 1.68. The molecule has 3 heteroatoms. The smallest absolute Gasteiger partial charge is 0.140 e. The summed E-state index contributed by atoms with van der Waals surface area (Å²) in [5.74, 6) is 0.0368. The molecule has 1 unspecified atom stereocenters. The molecule has 1 aliphatic heterocycles. The van der Waals surface area contributed by atoms with Gasteiger partial charge in [-0.3, -0.25) is 0 Å². The van der Waals surface area contributed by atoms with E-state index in [2.05, 4.69) is 5.32 Å². The largest absolute Gasteiger partial charge is 0.507 e. The number of anilines is 1. The Labute approximate surface area is 76.4 Å². The molecule has 1 atom stereocenters. The molecule has 13 heavy (non-hydrogen) atoms. The summed E-state index contributed by atoms with van der Waals surface area (Å²) < 4.78 is 13.9. The number of aromatic hydroxyl groups is 1. The molecule has 2 N–H and O–H groups in total. The van der Waals surface area contributed by atoms with Crippen LogP contribution in [0.4, 0.5) is 10.1 Å². The van der Waals surface area contributed by atoms with Crippen molar-refractivity contribution in [2.24, 2.45) is 0 Å². The first kappa shape index (κ1) is 8.35. The van der Waals surface area contributed by atoms with Gasteiger partial charge in [-0.2, -0.15) is 0 Å². The monoisotopic (exact) mass is 181 g/mol. The minimum absolute atomic E-state index is 0.0368. The van der Waals surface area contributed by atoms with Gasteiger partial charge in [0.2, 0.25) is 0 Å². The Morgan fingerprint density at radius 2 is 2.31 bits per heavy atom. The molecule has 0 saturated heterocycles. The van der Waals surface area contributed by atoms with Crippen molar-refractivity contribution in [3.63, 3.8) is 0 Å². The highest BCUT2D eigenvalue weighted by molar-refractivity contribution is 5.61. The second-order valence-corrected chi connectivity index (χ2v) is 3.57. The molecule has 1 heterocycles. The molecular formula is C10H12FNO. The van der Waals surface area contributed by atoms with E-state index in [1.807, 2.05) is 0 Å². The van der Waals surface area contributed by atoms with Crippen LogP contribution in [0.3, 0.4) is 0 Å². The average Bonchev–Trinajstić information content (AvgIpc) is 2.02. The number of nitrogens with one attached hydrogen (secondary N) is 1. The SMILES string of the molecule is CC1(F)CCNc2cccc(O)c21. The predicted octanol–water partition coefficient (Wildman–Crippen LogP) is 2.39. The molecule has 0 saturated carbocycles.